The van der Waals surface area contributed by atoms with Gasteiger partial charge in [-0.15, -0.1) is 5.10 Å². The summed E-state index contributed by atoms with van der Waals surface area (Å²) in [5, 5.41) is 18.6. The summed E-state index contributed by atoms with van der Waals surface area (Å²) in [6, 6.07) is -0.0857. The zero-order valence-corrected chi connectivity index (χ0v) is 17.7. The maximum absolute atomic E-state index is 12.7. The normalized spacial score (nSPS) is 23.7. The van der Waals surface area contributed by atoms with Crippen molar-refractivity contribution in [2.24, 2.45) is 11.8 Å². The molecule has 1 amide bonds. The molecule has 2 fully saturated rings. The van der Waals surface area contributed by atoms with Crippen LogP contribution in [-0.4, -0.2) is 54.2 Å². The van der Waals surface area contributed by atoms with Gasteiger partial charge < -0.3 is 10.2 Å². The lowest BCUT2D eigenvalue weighted by atomic mass is 10.2. The third kappa shape index (κ3) is 3.26. The number of piperidine rings is 1. The van der Waals surface area contributed by atoms with Gasteiger partial charge in [-0.2, -0.15) is 5.10 Å². The van der Waals surface area contributed by atoms with Crippen LogP contribution in [0.2, 0.25) is 0 Å². The Kier molecular flexibility index (Phi) is 4.09. The molecule has 10 nitrogen and oxygen atoms in total. The first kappa shape index (κ1) is 18.5. The molecule has 0 spiro atoms. The Balaban J connectivity index is 1.12. The minimum absolute atomic E-state index is 0.0857. The number of nitrogens with zero attached hydrogens (tertiary/aromatic N) is 7. The van der Waals surface area contributed by atoms with E-state index in [0.29, 0.717) is 12.2 Å². The van der Waals surface area contributed by atoms with Crippen molar-refractivity contribution in [2.45, 2.75) is 45.7 Å². The molecular weight excluding hydrogens is 394 g/mol. The summed E-state index contributed by atoms with van der Waals surface area (Å²) in [7, 11) is 0. The van der Waals surface area contributed by atoms with E-state index in [1.54, 1.807) is 10.9 Å². The zero-order valence-electron chi connectivity index (χ0n) is 17.7. The molecule has 3 aliphatic rings. The molecule has 0 bridgehead atoms. The number of amides is 1. The van der Waals surface area contributed by atoms with Crippen LogP contribution >= 0.6 is 0 Å². The number of carbonyl (C=O) groups is 1. The maximum atomic E-state index is 12.7. The molecule has 31 heavy (non-hydrogen) atoms. The Morgan fingerprint density at radius 2 is 2.13 bits per heavy atom. The lowest BCUT2D eigenvalue weighted by Crippen LogP contribution is -2.27. The number of carbonyl (C=O) groups excluding carboxylic acids is 1. The Morgan fingerprint density at radius 1 is 1.29 bits per heavy atom. The highest BCUT2D eigenvalue weighted by Gasteiger charge is 2.45. The van der Waals surface area contributed by atoms with Gasteiger partial charge in [-0.25, -0.2) is 14.6 Å². The second kappa shape index (κ2) is 6.86. The van der Waals surface area contributed by atoms with Crippen molar-refractivity contribution in [2.75, 3.05) is 18.0 Å². The number of nitrogens with one attached hydrogen (secondary N) is 2. The maximum Gasteiger partial charge on any atom is 0.274 e. The fourth-order valence-corrected chi connectivity index (χ4v) is 4.88. The average molecular weight is 419 g/mol. The van der Waals surface area contributed by atoms with Crippen LogP contribution in [0.1, 0.15) is 57.6 Å². The van der Waals surface area contributed by atoms with Crippen LogP contribution in [0.25, 0.3) is 0 Å². The molecule has 2 aliphatic carbocycles. The smallest absolute Gasteiger partial charge is 0.274 e. The van der Waals surface area contributed by atoms with E-state index in [-0.39, 0.29) is 11.9 Å². The number of aryl methyl sites for hydroxylation is 2. The van der Waals surface area contributed by atoms with Crippen molar-refractivity contribution in [3.8, 4) is 0 Å². The Labute approximate surface area is 179 Å². The second-order valence-electron chi connectivity index (χ2n) is 9.02. The molecule has 2 N–H and O–H groups in total. The quantitative estimate of drug-likeness (QED) is 0.641. The van der Waals surface area contributed by atoms with Crippen LogP contribution in [0.5, 0.6) is 0 Å². The number of aromatic amines is 1. The molecule has 0 radical (unpaired) electrons. The molecule has 4 heterocycles. The molecule has 3 atom stereocenters. The van der Waals surface area contributed by atoms with E-state index < -0.39 is 0 Å². The Bertz CT molecular complexity index is 1160. The standard InChI is InChI=1S/C21H25N9O/c1-11-15(6-22-21(23-11)29-7-13-5-14(13)8-29)9-30-10-18(26-28-30)20(31)24-17-4-3-16-12(2)25-27-19(16)17/h6,10,13-14,17H,3-5,7-9H2,1-2H3,(H,24,31)(H,25,27)/t13?,14?,17-/m1/s1. The number of hydrogen-bond acceptors (Lipinski definition) is 7. The molecule has 3 aromatic heterocycles. The van der Waals surface area contributed by atoms with Gasteiger partial charge in [-0.3, -0.25) is 9.89 Å². The molecule has 160 valence electrons. The lowest BCUT2D eigenvalue weighted by molar-refractivity contribution is 0.0930. The van der Waals surface area contributed by atoms with Crippen molar-refractivity contribution >= 4 is 11.9 Å². The minimum Gasteiger partial charge on any atom is -0.342 e. The van der Waals surface area contributed by atoms with Gasteiger partial charge in [0.25, 0.3) is 5.91 Å². The Morgan fingerprint density at radius 3 is 2.94 bits per heavy atom. The van der Waals surface area contributed by atoms with Gasteiger partial charge in [-0.1, -0.05) is 5.21 Å². The number of aromatic nitrogens is 7. The van der Waals surface area contributed by atoms with Crippen molar-refractivity contribution in [3.63, 3.8) is 0 Å². The van der Waals surface area contributed by atoms with Crippen molar-refractivity contribution < 1.29 is 4.79 Å². The van der Waals surface area contributed by atoms with Crippen LogP contribution in [0.15, 0.2) is 12.4 Å². The van der Waals surface area contributed by atoms with Crippen LogP contribution < -0.4 is 10.2 Å². The predicted molar refractivity (Wildman–Crippen MR) is 112 cm³/mol. The Hall–Kier alpha value is -3.30. The molecular formula is C21H25N9O. The molecule has 2 unspecified atom stereocenters. The van der Waals surface area contributed by atoms with Gasteiger partial charge in [0.15, 0.2) is 5.69 Å². The summed E-state index contributed by atoms with van der Waals surface area (Å²) in [6.07, 6.45) is 6.67. The lowest BCUT2D eigenvalue weighted by Gasteiger charge is -2.18. The average Bonchev–Trinajstić information content (AvgIpc) is 3.22. The molecule has 3 aromatic rings. The van der Waals surface area contributed by atoms with Gasteiger partial charge in [0.1, 0.15) is 0 Å². The van der Waals surface area contributed by atoms with Crippen molar-refractivity contribution in [1.82, 2.24) is 40.5 Å². The molecule has 0 aromatic carbocycles. The minimum atomic E-state index is -0.235. The van der Waals surface area contributed by atoms with Gasteiger partial charge in [-0.05, 0) is 50.5 Å². The summed E-state index contributed by atoms with van der Waals surface area (Å²) < 4.78 is 1.66. The highest BCUT2D eigenvalue weighted by atomic mass is 16.2. The number of H-pyrrole nitrogens is 1. The predicted octanol–water partition coefficient (Wildman–Crippen LogP) is 1.33. The van der Waals surface area contributed by atoms with E-state index in [2.05, 4.69) is 35.7 Å². The van der Waals surface area contributed by atoms with Gasteiger partial charge in [0.2, 0.25) is 5.95 Å². The summed E-state index contributed by atoms with van der Waals surface area (Å²) >= 11 is 0. The summed E-state index contributed by atoms with van der Waals surface area (Å²) in [5.41, 5.74) is 5.41. The summed E-state index contributed by atoms with van der Waals surface area (Å²) in [4.78, 5) is 24.2. The molecule has 1 saturated carbocycles. The van der Waals surface area contributed by atoms with Crippen molar-refractivity contribution in [1.29, 1.82) is 0 Å². The van der Waals surface area contributed by atoms with E-state index >= 15 is 0 Å². The van der Waals surface area contributed by atoms with E-state index in [1.807, 2.05) is 20.0 Å². The van der Waals surface area contributed by atoms with E-state index in [1.165, 1.54) is 12.0 Å². The first-order valence-corrected chi connectivity index (χ1v) is 10.9. The monoisotopic (exact) mass is 419 g/mol. The summed E-state index contributed by atoms with van der Waals surface area (Å²) in [6.45, 7) is 6.62. The van der Waals surface area contributed by atoms with E-state index in [9.17, 15) is 4.79 Å². The molecule has 1 saturated heterocycles. The second-order valence-corrected chi connectivity index (χ2v) is 9.02. The number of hydrogen-bond donors (Lipinski definition) is 2. The summed E-state index contributed by atoms with van der Waals surface area (Å²) in [5.74, 6) is 2.27. The van der Waals surface area contributed by atoms with E-state index in [4.69, 9.17) is 4.98 Å². The number of anilines is 1. The fraction of sp³-hybridized carbons (Fsp3) is 0.524. The van der Waals surface area contributed by atoms with Gasteiger partial charge in [0, 0.05) is 36.2 Å². The SMILES string of the molecule is Cc1nc(N2CC3CC3C2)ncc1Cn1cc(C(=O)N[C@@H]2CCc3c2n[nH]c3C)nn1. The van der Waals surface area contributed by atoms with Crippen molar-refractivity contribution in [3.05, 3.63) is 46.3 Å². The zero-order chi connectivity index (χ0) is 21.1. The molecule has 10 heteroatoms. The van der Waals surface area contributed by atoms with Crippen LogP contribution in [-0.2, 0) is 13.0 Å². The topological polar surface area (TPSA) is 118 Å². The first-order chi connectivity index (χ1) is 15.0. The highest BCUT2D eigenvalue weighted by Crippen LogP contribution is 2.45. The fourth-order valence-electron chi connectivity index (χ4n) is 4.88. The van der Waals surface area contributed by atoms with Gasteiger partial charge >= 0.3 is 0 Å². The van der Waals surface area contributed by atoms with Gasteiger partial charge in [0.05, 0.1) is 24.5 Å². The van der Waals surface area contributed by atoms with E-state index in [0.717, 1.165) is 66.4 Å². The van der Waals surface area contributed by atoms with Crippen LogP contribution in [0, 0.1) is 25.7 Å². The number of rotatable bonds is 5. The largest absolute Gasteiger partial charge is 0.342 e. The molecule has 1 aliphatic heterocycles. The first-order valence-electron chi connectivity index (χ1n) is 10.9. The highest BCUT2D eigenvalue weighted by molar-refractivity contribution is 5.92. The third-order valence-electron chi connectivity index (χ3n) is 6.86. The van der Waals surface area contributed by atoms with Crippen LogP contribution in [0.4, 0.5) is 5.95 Å². The number of fused-ring (bicyclic) bond motifs is 2. The molecule has 6 rings (SSSR count). The third-order valence-corrected chi connectivity index (χ3v) is 6.86. The van der Waals surface area contributed by atoms with Crippen LogP contribution in [0.3, 0.4) is 0 Å².